The molecule has 0 aliphatic rings. The highest BCUT2D eigenvalue weighted by atomic mass is 16.4. The number of aliphatic carboxylic acids is 1. The standard InChI is InChI=1S/C18H19N3O3/c1-10-6-5-7-14(8-10)21-17(22)16-12(3)20(13(4)18(23)24)11(2)15(16)9-19-21/h5-9,13H,1-4H3,(H,23,24). The molecular weight excluding hydrogens is 306 g/mol. The Kier molecular flexibility index (Phi) is 3.75. The number of carboxylic acid groups (broad SMARTS) is 1. The van der Waals surface area contributed by atoms with Crippen LogP contribution in [0.3, 0.4) is 0 Å². The number of nitrogens with zero attached hydrogens (tertiary/aromatic N) is 3. The summed E-state index contributed by atoms with van der Waals surface area (Å²) in [5.74, 6) is -0.937. The van der Waals surface area contributed by atoms with Gasteiger partial charge in [-0.2, -0.15) is 9.78 Å². The molecule has 0 radical (unpaired) electrons. The van der Waals surface area contributed by atoms with Gasteiger partial charge in [0.25, 0.3) is 5.56 Å². The Balaban J connectivity index is 2.33. The summed E-state index contributed by atoms with van der Waals surface area (Å²) in [5.41, 5.74) is 2.86. The van der Waals surface area contributed by atoms with Crippen molar-refractivity contribution in [3.05, 3.63) is 57.8 Å². The van der Waals surface area contributed by atoms with Crippen LogP contribution in [-0.4, -0.2) is 25.4 Å². The molecule has 0 fully saturated rings. The Hall–Kier alpha value is -2.89. The van der Waals surface area contributed by atoms with E-state index in [-0.39, 0.29) is 5.56 Å². The van der Waals surface area contributed by atoms with E-state index in [0.717, 1.165) is 11.3 Å². The van der Waals surface area contributed by atoms with E-state index >= 15 is 0 Å². The van der Waals surface area contributed by atoms with E-state index in [4.69, 9.17) is 0 Å². The van der Waals surface area contributed by atoms with Crippen molar-refractivity contribution in [2.45, 2.75) is 33.7 Å². The Bertz CT molecular complexity index is 1010. The normalized spacial score (nSPS) is 12.5. The Morgan fingerprint density at radius 1 is 1.21 bits per heavy atom. The van der Waals surface area contributed by atoms with Crippen molar-refractivity contribution in [1.82, 2.24) is 14.3 Å². The molecule has 6 heteroatoms. The molecular formula is C18H19N3O3. The summed E-state index contributed by atoms with van der Waals surface area (Å²) in [6, 6.07) is 6.79. The highest BCUT2D eigenvalue weighted by Crippen LogP contribution is 2.26. The number of benzene rings is 1. The number of hydrogen-bond acceptors (Lipinski definition) is 3. The van der Waals surface area contributed by atoms with Crippen molar-refractivity contribution in [3.63, 3.8) is 0 Å². The second-order valence-electron chi connectivity index (χ2n) is 6.04. The fourth-order valence-corrected chi connectivity index (χ4v) is 3.21. The number of carboxylic acids is 1. The zero-order chi connectivity index (χ0) is 17.6. The third kappa shape index (κ3) is 2.31. The molecule has 3 aromatic rings. The lowest BCUT2D eigenvalue weighted by Crippen LogP contribution is -2.21. The average molecular weight is 325 g/mol. The van der Waals surface area contributed by atoms with Gasteiger partial charge in [-0.25, -0.2) is 4.79 Å². The van der Waals surface area contributed by atoms with Crippen LogP contribution in [0.2, 0.25) is 0 Å². The van der Waals surface area contributed by atoms with Gasteiger partial charge in [-0.15, -0.1) is 0 Å². The van der Waals surface area contributed by atoms with E-state index in [1.807, 2.05) is 38.1 Å². The minimum Gasteiger partial charge on any atom is -0.480 e. The molecule has 0 aliphatic carbocycles. The van der Waals surface area contributed by atoms with Crippen molar-refractivity contribution in [2.24, 2.45) is 0 Å². The average Bonchev–Trinajstić information content (AvgIpc) is 2.78. The van der Waals surface area contributed by atoms with E-state index in [1.165, 1.54) is 4.68 Å². The molecule has 0 aliphatic heterocycles. The number of carbonyl (C=O) groups is 1. The smallest absolute Gasteiger partial charge is 0.326 e. The van der Waals surface area contributed by atoms with Crippen LogP contribution >= 0.6 is 0 Å². The number of aromatic nitrogens is 3. The summed E-state index contributed by atoms with van der Waals surface area (Å²) in [7, 11) is 0. The third-order valence-electron chi connectivity index (χ3n) is 4.44. The Morgan fingerprint density at radius 3 is 2.54 bits per heavy atom. The van der Waals surface area contributed by atoms with Gasteiger partial charge in [0, 0.05) is 16.8 Å². The van der Waals surface area contributed by atoms with E-state index in [9.17, 15) is 14.7 Å². The van der Waals surface area contributed by atoms with Gasteiger partial charge in [-0.3, -0.25) is 4.79 Å². The highest BCUT2D eigenvalue weighted by molar-refractivity contribution is 5.88. The van der Waals surface area contributed by atoms with Crippen LogP contribution in [0.4, 0.5) is 0 Å². The summed E-state index contributed by atoms with van der Waals surface area (Å²) >= 11 is 0. The Morgan fingerprint density at radius 2 is 1.92 bits per heavy atom. The maximum atomic E-state index is 13.0. The van der Waals surface area contributed by atoms with Crippen LogP contribution in [0.5, 0.6) is 0 Å². The summed E-state index contributed by atoms with van der Waals surface area (Å²) < 4.78 is 3.04. The highest BCUT2D eigenvalue weighted by Gasteiger charge is 2.23. The lowest BCUT2D eigenvalue weighted by atomic mass is 10.2. The Labute approximate surface area is 139 Å². The van der Waals surface area contributed by atoms with Gasteiger partial charge in [-0.1, -0.05) is 12.1 Å². The van der Waals surface area contributed by atoms with Gasteiger partial charge >= 0.3 is 5.97 Å². The molecule has 6 nitrogen and oxygen atoms in total. The topological polar surface area (TPSA) is 77.1 Å². The second kappa shape index (κ2) is 5.63. The number of hydrogen-bond donors (Lipinski definition) is 1. The van der Waals surface area contributed by atoms with Crippen molar-refractivity contribution in [1.29, 1.82) is 0 Å². The predicted molar refractivity (Wildman–Crippen MR) is 91.9 cm³/mol. The van der Waals surface area contributed by atoms with Gasteiger partial charge in [-0.05, 0) is 45.4 Å². The summed E-state index contributed by atoms with van der Waals surface area (Å²) in [6.07, 6.45) is 1.63. The maximum Gasteiger partial charge on any atom is 0.326 e. The molecule has 0 saturated heterocycles. The SMILES string of the molecule is Cc1cccc(-n2ncc3c(C)n(C(C)C(=O)O)c(C)c3c2=O)c1. The zero-order valence-electron chi connectivity index (χ0n) is 14.1. The van der Waals surface area contributed by atoms with Crippen molar-refractivity contribution in [2.75, 3.05) is 0 Å². The van der Waals surface area contributed by atoms with Crippen LogP contribution in [0.1, 0.15) is 29.9 Å². The van der Waals surface area contributed by atoms with Gasteiger partial charge in [0.05, 0.1) is 17.3 Å². The molecule has 1 N–H and O–H groups in total. The van der Waals surface area contributed by atoms with Gasteiger partial charge < -0.3 is 9.67 Å². The molecule has 0 saturated carbocycles. The quantitative estimate of drug-likeness (QED) is 0.803. The van der Waals surface area contributed by atoms with Gasteiger partial charge in [0.15, 0.2) is 0 Å². The monoisotopic (exact) mass is 325 g/mol. The lowest BCUT2D eigenvalue weighted by Gasteiger charge is -2.13. The first-order chi connectivity index (χ1) is 11.3. The van der Waals surface area contributed by atoms with E-state index in [1.54, 1.807) is 24.6 Å². The minimum atomic E-state index is -0.937. The molecule has 0 bridgehead atoms. The number of rotatable bonds is 3. The minimum absolute atomic E-state index is 0.241. The fourth-order valence-electron chi connectivity index (χ4n) is 3.21. The maximum absolute atomic E-state index is 13.0. The molecule has 1 atom stereocenters. The lowest BCUT2D eigenvalue weighted by molar-refractivity contribution is -0.140. The molecule has 2 aromatic heterocycles. The molecule has 0 amide bonds. The van der Waals surface area contributed by atoms with Crippen molar-refractivity contribution in [3.8, 4) is 5.69 Å². The summed E-state index contributed by atoms with van der Waals surface area (Å²) in [6.45, 7) is 7.14. The van der Waals surface area contributed by atoms with E-state index in [2.05, 4.69) is 5.10 Å². The zero-order valence-corrected chi connectivity index (χ0v) is 14.1. The predicted octanol–water partition coefficient (Wildman–Crippen LogP) is 2.76. The molecule has 124 valence electrons. The molecule has 0 spiro atoms. The summed E-state index contributed by atoms with van der Waals surface area (Å²) in [4.78, 5) is 24.3. The van der Waals surface area contributed by atoms with Crippen molar-refractivity contribution < 1.29 is 9.90 Å². The first-order valence-corrected chi connectivity index (χ1v) is 7.72. The molecule has 1 aromatic carbocycles. The van der Waals surface area contributed by atoms with Crippen LogP contribution in [-0.2, 0) is 4.79 Å². The van der Waals surface area contributed by atoms with Crippen molar-refractivity contribution >= 4 is 16.7 Å². The molecule has 24 heavy (non-hydrogen) atoms. The molecule has 2 heterocycles. The molecule has 1 unspecified atom stereocenters. The van der Waals surface area contributed by atoms with Crippen LogP contribution in [0, 0.1) is 20.8 Å². The summed E-state index contributed by atoms with van der Waals surface area (Å²) in [5, 5.41) is 14.8. The van der Waals surface area contributed by atoms with Crippen LogP contribution in [0.15, 0.2) is 35.3 Å². The number of fused-ring (bicyclic) bond motifs is 1. The largest absolute Gasteiger partial charge is 0.480 e. The molecule has 3 rings (SSSR count). The first-order valence-electron chi connectivity index (χ1n) is 7.72. The van der Waals surface area contributed by atoms with Gasteiger partial charge in [0.2, 0.25) is 0 Å². The fraction of sp³-hybridized carbons (Fsp3) is 0.278. The van der Waals surface area contributed by atoms with Crippen LogP contribution in [0.25, 0.3) is 16.5 Å². The first kappa shape index (κ1) is 16.0. The third-order valence-corrected chi connectivity index (χ3v) is 4.44. The number of aryl methyl sites for hydroxylation is 3. The van der Waals surface area contributed by atoms with E-state index < -0.39 is 12.0 Å². The van der Waals surface area contributed by atoms with E-state index in [0.29, 0.717) is 22.2 Å². The van der Waals surface area contributed by atoms with Crippen LogP contribution < -0.4 is 5.56 Å². The van der Waals surface area contributed by atoms with Gasteiger partial charge in [0.1, 0.15) is 6.04 Å². The second-order valence-corrected chi connectivity index (χ2v) is 6.04.